The molecule has 4 aromatic carbocycles. The van der Waals surface area contributed by atoms with E-state index in [1.165, 1.54) is 0 Å². The molecule has 1 amide bonds. The summed E-state index contributed by atoms with van der Waals surface area (Å²) >= 11 is 0. The first-order valence-corrected chi connectivity index (χ1v) is 12.0. The van der Waals surface area contributed by atoms with E-state index in [1.807, 2.05) is 97.1 Å². The molecule has 5 nitrogen and oxygen atoms in total. The lowest BCUT2D eigenvalue weighted by atomic mass is 9.68. The molecule has 0 aliphatic carbocycles. The Bertz CT molecular complexity index is 1440. The second kappa shape index (κ2) is 10.0. The van der Waals surface area contributed by atoms with E-state index in [-0.39, 0.29) is 5.91 Å². The maximum atomic E-state index is 14.1. The fourth-order valence-electron chi connectivity index (χ4n) is 5.15. The molecule has 5 rings (SSSR count). The number of hydrogen-bond donors (Lipinski definition) is 0. The molecule has 182 valence electrons. The highest BCUT2D eigenvalue weighted by atomic mass is 16.5. The van der Waals surface area contributed by atoms with Crippen LogP contribution in [-0.2, 0) is 5.54 Å². The quantitative estimate of drug-likeness (QED) is 0.317. The number of amides is 1. The van der Waals surface area contributed by atoms with Gasteiger partial charge >= 0.3 is 0 Å². The highest BCUT2D eigenvalue weighted by Gasteiger charge is 2.52. The molecule has 0 aromatic heterocycles. The molecule has 1 aliphatic heterocycles. The van der Waals surface area contributed by atoms with Crippen molar-refractivity contribution < 1.29 is 14.3 Å². The molecule has 0 fully saturated rings. The van der Waals surface area contributed by atoms with Crippen LogP contribution in [0.3, 0.4) is 0 Å². The Balaban J connectivity index is 1.86. The average Bonchev–Trinajstić information content (AvgIpc) is 2.97. The molecule has 5 heteroatoms. The second-order valence-corrected chi connectivity index (χ2v) is 8.78. The van der Waals surface area contributed by atoms with Crippen LogP contribution in [0, 0.1) is 11.3 Å². The van der Waals surface area contributed by atoms with Crippen LogP contribution in [0.15, 0.2) is 109 Å². The Hall–Kier alpha value is -4.82. The first-order valence-electron chi connectivity index (χ1n) is 12.0. The molecule has 1 heterocycles. The number of carbonyl (C=O) groups is 1. The normalized spacial score (nSPS) is 16.1. The fraction of sp³-hybridized carbons (Fsp3) is 0.125. The lowest BCUT2D eigenvalue weighted by Gasteiger charge is -2.46. The third-order valence-corrected chi connectivity index (χ3v) is 6.84. The topological polar surface area (TPSA) is 62.6 Å². The molecule has 0 saturated carbocycles. The number of nitrogens with zero attached hydrogens (tertiary/aromatic N) is 2. The summed E-state index contributed by atoms with van der Waals surface area (Å²) in [7, 11) is 3.14. The summed E-state index contributed by atoms with van der Waals surface area (Å²) in [5.74, 6) is 0.268. The van der Waals surface area contributed by atoms with Gasteiger partial charge in [0.05, 0.1) is 26.2 Å². The molecular formula is C32H26N2O3. The van der Waals surface area contributed by atoms with Crippen molar-refractivity contribution in [3.8, 4) is 17.6 Å². The number of methoxy groups -OCH3 is 2. The smallest absolute Gasteiger partial charge is 0.259 e. The molecule has 0 N–H and O–H groups in total. The van der Waals surface area contributed by atoms with Crippen molar-refractivity contribution in [3.05, 3.63) is 137 Å². The molecule has 4 aromatic rings. The standard InChI is InChI=1S/C32H26N2O3/c1-36-28-20-26-18-19-34(31(35)25-16-10-5-11-17-25)32(22-33,27(26)21-29(28)37-2)30(23-12-6-3-7-13-23)24-14-8-4-9-15-24/h3-21,30H,1-2H3/t32-/m0/s1. The zero-order valence-electron chi connectivity index (χ0n) is 20.7. The van der Waals surface area contributed by atoms with Gasteiger partial charge < -0.3 is 9.47 Å². The first-order chi connectivity index (χ1) is 18.1. The van der Waals surface area contributed by atoms with Crippen LogP contribution in [0.2, 0.25) is 0 Å². The van der Waals surface area contributed by atoms with E-state index in [1.54, 1.807) is 37.5 Å². The number of hydrogen-bond acceptors (Lipinski definition) is 4. The average molecular weight is 487 g/mol. The van der Waals surface area contributed by atoms with Gasteiger partial charge in [-0.3, -0.25) is 9.69 Å². The zero-order chi connectivity index (χ0) is 25.8. The SMILES string of the molecule is COc1cc2c(cc1OC)[C@@](C#N)(C(c1ccccc1)c1ccccc1)N(C(=O)c1ccccc1)C=C2. The molecule has 37 heavy (non-hydrogen) atoms. The van der Waals surface area contributed by atoms with E-state index >= 15 is 0 Å². The monoisotopic (exact) mass is 486 g/mol. The van der Waals surface area contributed by atoms with Crippen LogP contribution in [0.1, 0.15) is 38.5 Å². The molecular weight excluding hydrogens is 460 g/mol. The Kier molecular flexibility index (Phi) is 6.49. The van der Waals surface area contributed by atoms with Gasteiger partial charge in [0.2, 0.25) is 0 Å². The fourth-order valence-corrected chi connectivity index (χ4v) is 5.15. The minimum absolute atomic E-state index is 0.268. The number of carbonyl (C=O) groups excluding carboxylic acids is 1. The maximum Gasteiger partial charge on any atom is 0.259 e. The molecule has 0 saturated heterocycles. The number of fused-ring (bicyclic) bond motifs is 1. The Labute approximate surface area is 216 Å². The van der Waals surface area contributed by atoms with E-state index in [4.69, 9.17) is 9.47 Å². The molecule has 0 spiro atoms. The highest BCUT2D eigenvalue weighted by Crippen LogP contribution is 2.51. The predicted octanol–water partition coefficient (Wildman–Crippen LogP) is 6.38. The number of rotatable bonds is 6. The van der Waals surface area contributed by atoms with Gasteiger partial charge in [0.25, 0.3) is 5.91 Å². The van der Waals surface area contributed by atoms with Crippen LogP contribution in [0.4, 0.5) is 0 Å². The molecule has 0 radical (unpaired) electrons. The van der Waals surface area contributed by atoms with Gasteiger partial charge in [-0.2, -0.15) is 5.26 Å². The second-order valence-electron chi connectivity index (χ2n) is 8.78. The summed E-state index contributed by atoms with van der Waals surface area (Å²) < 4.78 is 11.2. The summed E-state index contributed by atoms with van der Waals surface area (Å²) in [6.07, 6.45) is 3.56. The highest BCUT2D eigenvalue weighted by molar-refractivity contribution is 5.97. The van der Waals surface area contributed by atoms with Gasteiger partial charge in [-0.05, 0) is 47.0 Å². The third-order valence-electron chi connectivity index (χ3n) is 6.84. The largest absolute Gasteiger partial charge is 0.493 e. The summed E-state index contributed by atoms with van der Waals surface area (Å²) in [6, 6.07) is 35.0. The van der Waals surface area contributed by atoms with Crippen LogP contribution in [0.25, 0.3) is 6.08 Å². The van der Waals surface area contributed by atoms with Crippen LogP contribution in [-0.4, -0.2) is 25.0 Å². The molecule has 0 unspecified atom stereocenters. The molecule has 1 atom stereocenters. The number of ether oxygens (including phenoxy) is 2. The predicted molar refractivity (Wildman–Crippen MR) is 143 cm³/mol. The van der Waals surface area contributed by atoms with Gasteiger partial charge in [0.15, 0.2) is 17.0 Å². The third kappa shape index (κ3) is 4.03. The van der Waals surface area contributed by atoms with Crippen molar-refractivity contribution in [1.82, 2.24) is 4.90 Å². The van der Waals surface area contributed by atoms with Gasteiger partial charge in [0.1, 0.15) is 0 Å². The van der Waals surface area contributed by atoms with Gasteiger partial charge in [-0.25, -0.2) is 0 Å². The Morgan fingerprint density at radius 1 is 0.811 bits per heavy atom. The Morgan fingerprint density at radius 3 is 1.84 bits per heavy atom. The van der Waals surface area contributed by atoms with Gasteiger partial charge in [-0.1, -0.05) is 78.9 Å². The lowest BCUT2D eigenvalue weighted by Crippen LogP contribution is -2.51. The van der Waals surface area contributed by atoms with E-state index in [0.29, 0.717) is 22.6 Å². The van der Waals surface area contributed by atoms with Gasteiger partial charge in [0, 0.05) is 17.3 Å². The van der Waals surface area contributed by atoms with Crippen LogP contribution in [0.5, 0.6) is 11.5 Å². The van der Waals surface area contributed by atoms with E-state index in [0.717, 1.165) is 16.7 Å². The minimum atomic E-state index is -1.43. The Morgan fingerprint density at radius 2 is 1.32 bits per heavy atom. The van der Waals surface area contributed by atoms with Crippen molar-refractivity contribution in [1.29, 1.82) is 5.26 Å². The summed E-state index contributed by atoms with van der Waals surface area (Å²) in [4.78, 5) is 15.7. The summed E-state index contributed by atoms with van der Waals surface area (Å²) in [5, 5.41) is 11.2. The first kappa shape index (κ1) is 23.9. The van der Waals surface area contributed by atoms with Crippen LogP contribution < -0.4 is 9.47 Å². The van der Waals surface area contributed by atoms with Crippen molar-refractivity contribution >= 4 is 12.0 Å². The van der Waals surface area contributed by atoms with E-state index in [9.17, 15) is 10.1 Å². The summed E-state index contributed by atoms with van der Waals surface area (Å²) in [6.45, 7) is 0. The van der Waals surface area contributed by atoms with E-state index < -0.39 is 11.5 Å². The molecule has 0 bridgehead atoms. The maximum absolute atomic E-state index is 14.1. The van der Waals surface area contributed by atoms with Gasteiger partial charge in [-0.15, -0.1) is 0 Å². The van der Waals surface area contributed by atoms with Crippen molar-refractivity contribution in [3.63, 3.8) is 0 Å². The lowest BCUT2D eigenvalue weighted by molar-refractivity contribution is 0.0674. The van der Waals surface area contributed by atoms with Crippen molar-refractivity contribution in [2.75, 3.05) is 14.2 Å². The molecule has 1 aliphatic rings. The summed E-state index contributed by atoms with van der Waals surface area (Å²) in [5.41, 5.74) is 2.34. The van der Waals surface area contributed by atoms with Crippen molar-refractivity contribution in [2.45, 2.75) is 11.5 Å². The zero-order valence-corrected chi connectivity index (χ0v) is 20.7. The number of benzene rings is 4. The van der Waals surface area contributed by atoms with Crippen LogP contribution >= 0.6 is 0 Å². The van der Waals surface area contributed by atoms with Crippen molar-refractivity contribution in [2.24, 2.45) is 0 Å². The van der Waals surface area contributed by atoms with E-state index in [2.05, 4.69) is 6.07 Å². The minimum Gasteiger partial charge on any atom is -0.493 e. The number of nitriles is 1.